The van der Waals surface area contributed by atoms with Crippen molar-refractivity contribution in [3.63, 3.8) is 0 Å². The molecule has 0 heterocycles. The van der Waals surface area contributed by atoms with E-state index in [9.17, 15) is 5.11 Å². The summed E-state index contributed by atoms with van der Waals surface area (Å²) >= 11 is 12.1. The van der Waals surface area contributed by atoms with Crippen LogP contribution in [0.3, 0.4) is 0 Å². The number of phenols is 1. The fourth-order valence-corrected chi connectivity index (χ4v) is 3.10. The van der Waals surface area contributed by atoms with E-state index in [0.717, 1.165) is 23.6 Å². The van der Waals surface area contributed by atoms with Crippen molar-refractivity contribution in [1.82, 2.24) is 0 Å². The topological polar surface area (TPSA) is 32.3 Å². The summed E-state index contributed by atoms with van der Waals surface area (Å²) < 4.78 is 0. The number of phenolic OH excluding ortho intramolecular Hbond substituents is 1. The Balaban J connectivity index is 1.61. The second kappa shape index (κ2) is 5.55. The zero-order chi connectivity index (χ0) is 14.1. The predicted octanol–water partition coefficient (Wildman–Crippen LogP) is 5.06. The number of halogens is 2. The Kier molecular flexibility index (Phi) is 3.77. The molecule has 1 aliphatic rings. The van der Waals surface area contributed by atoms with Gasteiger partial charge in [0.15, 0.2) is 0 Å². The standard InChI is InChI=1S/C16H15Cl2NO/c17-14-4-2-1-3-13(14)10-7-12(8-10)19-11-5-6-16(20)15(18)9-11/h1-6,9-10,12,19-20H,7-8H2. The summed E-state index contributed by atoms with van der Waals surface area (Å²) in [5, 5.41) is 14.0. The van der Waals surface area contributed by atoms with E-state index in [0.29, 0.717) is 17.0 Å². The van der Waals surface area contributed by atoms with Crippen molar-refractivity contribution in [3.8, 4) is 5.75 Å². The Bertz CT molecular complexity index is 624. The first kappa shape index (κ1) is 13.6. The van der Waals surface area contributed by atoms with Gasteiger partial charge in [0.25, 0.3) is 0 Å². The highest BCUT2D eigenvalue weighted by molar-refractivity contribution is 6.32. The number of benzene rings is 2. The monoisotopic (exact) mass is 307 g/mol. The fraction of sp³-hybridized carbons (Fsp3) is 0.250. The van der Waals surface area contributed by atoms with E-state index in [1.165, 1.54) is 5.56 Å². The van der Waals surface area contributed by atoms with Gasteiger partial charge in [0.1, 0.15) is 5.75 Å². The van der Waals surface area contributed by atoms with Crippen LogP contribution in [-0.2, 0) is 0 Å². The third-order valence-corrected chi connectivity index (χ3v) is 4.45. The van der Waals surface area contributed by atoms with Crippen molar-refractivity contribution in [3.05, 3.63) is 58.1 Å². The smallest absolute Gasteiger partial charge is 0.134 e. The molecular formula is C16H15Cl2NO. The lowest BCUT2D eigenvalue weighted by molar-refractivity contribution is 0.374. The molecule has 2 aromatic rings. The molecule has 1 fully saturated rings. The molecule has 104 valence electrons. The van der Waals surface area contributed by atoms with Crippen LogP contribution >= 0.6 is 23.2 Å². The van der Waals surface area contributed by atoms with Gasteiger partial charge in [-0.3, -0.25) is 0 Å². The molecular weight excluding hydrogens is 293 g/mol. The molecule has 1 saturated carbocycles. The van der Waals surface area contributed by atoms with Gasteiger partial charge in [-0.05, 0) is 48.6 Å². The molecule has 0 atom stereocenters. The SMILES string of the molecule is Oc1ccc(NC2CC(c3ccccc3Cl)C2)cc1Cl. The normalized spacial score (nSPS) is 21.3. The van der Waals surface area contributed by atoms with Gasteiger partial charge in [0.05, 0.1) is 5.02 Å². The zero-order valence-corrected chi connectivity index (χ0v) is 12.3. The maximum absolute atomic E-state index is 9.40. The van der Waals surface area contributed by atoms with Crippen molar-refractivity contribution in [2.45, 2.75) is 24.8 Å². The van der Waals surface area contributed by atoms with Gasteiger partial charge in [0, 0.05) is 16.8 Å². The highest BCUT2D eigenvalue weighted by Crippen LogP contribution is 2.41. The first-order valence-corrected chi connectivity index (χ1v) is 7.38. The van der Waals surface area contributed by atoms with Gasteiger partial charge >= 0.3 is 0 Å². The van der Waals surface area contributed by atoms with Crippen LogP contribution < -0.4 is 5.32 Å². The van der Waals surface area contributed by atoms with Crippen LogP contribution in [0.4, 0.5) is 5.69 Å². The molecule has 4 heteroatoms. The average molecular weight is 308 g/mol. The Morgan fingerprint density at radius 3 is 2.45 bits per heavy atom. The number of hydrogen-bond donors (Lipinski definition) is 2. The lowest BCUT2D eigenvalue weighted by atomic mass is 9.76. The number of anilines is 1. The summed E-state index contributed by atoms with van der Waals surface area (Å²) in [4.78, 5) is 0. The maximum atomic E-state index is 9.40. The van der Waals surface area contributed by atoms with Crippen molar-refractivity contribution in [1.29, 1.82) is 0 Å². The summed E-state index contributed by atoms with van der Waals surface area (Å²) in [5.74, 6) is 0.633. The van der Waals surface area contributed by atoms with Gasteiger partial charge < -0.3 is 10.4 Å². The van der Waals surface area contributed by atoms with Gasteiger partial charge in [0.2, 0.25) is 0 Å². The minimum absolute atomic E-state index is 0.111. The lowest BCUT2D eigenvalue weighted by Gasteiger charge is -2.37. The van der Waals surface area contributed by atoms with Crippen LogP contribution in [0.2, 0.25) is 10.0 Å². The van der Waals surface area contributed by atoms with Crippen LogP contribution in [0.1, 0.15) is 24.3 Å². The van der Waals surface area contributed by atoms with Crippen LogP contribution in [-0.4, -0.2) is 11.1 Å². The molecule has 0 amide bonds. The molecule has 0 unspecified atom stereocenters. The number of hydrogen-bond acceptors (Lipinski definition) is 2. The lowest BCUT2D eigenvalue weighted by Crippen LogP contribution is -2.34. The highest BCUT2D eigenvalue weighted by Gasteiger charge is 2.31. The van der Waals surface area contributed by atoms with E-state index in [4.69, 9.17) is 23.2 Å². The van der Waals surface area contributed by atoms with Crippen LogP contribution in [0.15, 0.2) is 42.5 Å². The predicted molar refractivity (Wildman–Crippen MR) is 84.0 cm³/mol. The van der Waals surface area contributed by atoms with E-state index < -0.39 is 0 Å². The number of nitrogens with one attached hydrogen (secondary N) is 1. The summed E-state index contributed by atoms with van der Waals surface area (Å²) in [6.45, 7) is 0. The van der Waals surface area contributed by atoms with Crippen molar-refractivity contribution in [2.24, 2.45) is 0 Å². The number of rotatable bonds is 3. The maximum Gasteiger partial charge on any atom is 0.134 e. The van der Waals surface area contributed by atoms with Gasteiger partial charge in [-0.2, -0.15) is 0 Å². The first-order chi connectivity index (χ1) is 9.63. The summed E-state index contributed by atoms with van der Waals surface area (Å²) in [7, 11) is 0. The van der Waals surface area contributed by atoms with E-state index >= 15 is 0 Å². The van der Waals surface area contributed by atoms with Gasteiger partial charge in [-0.1, -0.05) is 41.4 Å². The second-order valence-corrected chi connectivity index (χ2v) is 6.01. The van der Waals surface area contributed by atoms with Crippen LogP contribution in [0.25, 0.3) is 0 Å². The molecule has 2 N–H and O–H groups in total. The molecule has 0 spiro atoms. The van der Waals surface area contributed by atoms with Crippen LogP contribution in [0.5, 0.6) is 5.75 Å². The molecule has 2 aromatic carbocycles. The molecule has 1 aliphatic carbocycles. The van der Waals surface area contributed by atoms with Crippen molar-refractivity contribution < 1.29 is 5.11 Å². The minimum Gasteiger partial charge on any atom is -0.506 e. The Hall–Kier alpha value is -1.38. The molecule has 0 bridgehead atoms. The second-order valence-electron chi connectivity index (χ2n) is 5.20. The van der Waals surface area contributed by atoms with E-state index in [1.807, 2.05) is 24.3 Å². The summed E-state index contributed by atoms with van der Waals surface area (Å²) in [6.07, 6.45) is 2.12. The Labute approximate surface area is 128 Å². The quantitative estimate of drug-likeness (QED) is 0.777. The molecule has 20 heavy (non-hydrogen) atoms. The zero-order valence-electron chi connectivity index (χ0n) is 10.8. The third-order valence-electron chi connectivity index (χ3n) is 3.80. The molecule has 0 aromatic heterocycles. The van der Waals surface area contributed by atoms with E-state index in [1.54, 1.807) is 12.1 Å². The van der Waals surface area contributed by atoms with E-state index in [2.05, 4.69) is 11.4 Å². The van der Waals surface area contributed by atoms with E-state index in [-0.39, 0.29) is 5.75 Å². The molecule has 0 radical (unpaired) electrons. The van der Waals surface area contributed by atoms with Crippen LogP contribution in [0, 0.1) is 0 Å². The molecule has 3 rings (SSSR count). The Morgan fingerprint density at radius 2 is 1.75 bits per heavy atom. The third kappa shape index (κ3) is 2.72. The minimum atomic E-state index is 0.111. The van der Waals surface area contributed by atoms with Gasteiger partial charge in [-0.15, -0.1) is 0 Å². The summed E-state index contributed by atoms with van der Waals surface area (Å²) in [5.41, 5.74) is 2.17. The van der Waals surface area contributed by atoms with Crippen molar-refractivity contribution in [2.75, 3.05) is 5.32 Å². The Morgan fingerprint density at radius 1 is 1.00 bits per heavy atom. The first-order valence-electron chi connectivity index (χ1n) is 6.63. The summed E-state index contributed by atoms with van der Waals surface area (Å²) in [6, 6.07) is 13.6. The van der Waals surface area contributed by atoms with Gasteiger partial charge in [-0.25, -0.2) is 0 Å². The highest BCUT2D eigenvalue weighted by atomic mass is 35.5. The molecule has 0 aliphatic heterocycles. The largest absolute Gasteiger partial charge is 0.506 e. The number of aromatic hydroxyl groups is 1. The van der Waals surface area contributed by atoms with Crippen molar-refractivity contribution >= 4 is 28.9 Å². The molecule has 0 saturated heterocycles. The average Bonchev–Trinajstić information content (AvgIpc) is 2.39. The fourth-order valence-electron chi connectivity index (χ4n) is 2.63. The molecule has 2 nitrogen and oxygen atoms in total.